The van der Waals surface area contributed by atoms with Crippen LogP contribution in [0.1, 0.15) is 72.6 Å². The molecule has 0 N–H and O–H groups in total. The molecule has 2 rings (SSSR count). The molecule has 0 aliphatic heterocycles. The first-order valence-electron chi connectivity index (χ1n) is 18.3. The molecule has 0 radical (unpaired) electrons. The molecule has 0 fully saturated rings. The van der Waals surface area contributed by atoms with Gasteiger partial charge in [-0.3, -0.25) is 4.79 Å². The second kappa shape index (κ2) is 27.6. The molecule has 0 aromatic heterocycles. The van der Waals surface area contributed by atoms with Crippen LogP contribution in [0, 0.1) is 0 Å². The quantitative estimate of drug-likeness (QED) is 0.0536. The Morgan fingerprint density at radius 1 is 0.510 bits per heavy atom. The van der Waals surface area contributed by atoms with Gasteiger partial charge in [0.15, 0.2) is 0 Å². The lowest BCUT2D eigenvalue weighted by atomic mass is 10.1. The van der Waals surface area contributed by atoms with Crippen molar-refractivity contribution in [2.45, 2.75) is 77.7 Å². The number of unbranched alkanes of at least 4 members (excludes halogenated alkanes) is 5. The molecule has 0 saturated carbocycles. The fraction of sp³-hybridized carbons (Fsp3) is 0.667. The standard InChI is InChI=1S/C39H64O9Si/c1-5-6-7-8-9-16-21-38(40)47-34-32-45-30-28-43-26-24-41-22-23-42-25-27-44-29-31-46-33-35-48-49(39(2,3)4,36-17-12-10-13-18-36)37-19-14-11-15-20-37/h10-15,17-20H,5-9,16,21-35H2,1-4H3. The van der Waals surface area contributed by atoms with E-state index in [1.54, 1.807) is 0 Å². The van der Waals surface area contributed by atoms with Gasteiger partial charge in [0.2, 0.25) is 0 Å². The van der Waals surface area contributed by atoms with E-state index in [0.29, 0.717) is 92.3 Å². The molecule has 0 unspecified atom stereocenters. The van der Waals surface area contributed by atoms with Gasteiger partial charge in [-0.15, -0.1) is 0 Å². The van der Waals surface area contributed by atoms with Gasteiger partial charge in [0.05, 0.1) is 85.9 Å². The maximum absolute atomic E-state index is 11.7. The summed E-state index contributed by atoms with van der Waals surface area (Å²) in [6.07, 6.45) is 7.44. The summed E-state index contributed by atoms with van der Waals surface area (Å²) in [5.41, 5.74) is 0. The van der Waals surface area contributed by atoms with E-state index in [1.165, 1.54) is 36.1 Å². The van der Waals surface area contributed by atoms with Crippen molar-refractivity contribution in [1.82, 2.24) is 0 Å². The van der Waals surface area contributed by atoms with Crippen LogP contribution >= 0.6 is 0 Å². The third-order valence-electron chi connectivity index (χ3n) is 8.05. The van der Waals surface area contributed by atoms with Crippen molar-refractivity contribution in [1.29, 1.82) is 0 Å². The SMILES string of the molecule is CCCCCCCCC(=O)OCCOCCOCCOCCOCCOCCOCCO[Si](c1ccccc1)(c1ccccc1)C(C)(C)C. The number of ether oxygens (including phenoxy) is 7. The number of rotatable bonds is 31. The Balaban J connectivity index is 1.38. The first kappa shape index (κ1) is 43.0. The Morgan fingerprint density at radius 2 is 0.878 bits per heavy atom. The van der Waals surface area contributed by atoms with Gasteiger partial charge in [0, 0.05) is 6.42 Å². The highest BCUT2D eigenvalue weighted by Gasteiger charge is 2.50. The average Bonchev–Trinajstić information content (AvgIpc) is 3.10. The Hall–Kier alpha value is -2.15. The van der Waals surface area contributed by atoms with Crippen LogP contribution in [0.25, 0.3) is 0 Å². The monoisotopic (exact) mass is 704 g/mol. The molecule has 0 atom stereocenters. The van der Waals surface area contributed by atoms with Crippen molar-refractivity contribution < 1.29 is 42.4 Å². The fourth-order valence-corrected chi connectivity index (χ4v) is 10.1. The zero-order valence-electron chi connectivity index (χ0n) is 30.8. The molecule has 0 saturated heterocycles. The minimum absolute atomic E-state index is 0.0553. The topological polar surface area (TPSA) is 90.9 Å². The van der Waals surface area contributed by atoms with Crippen molar-refractivity contribution in [2.24, 2.45) is 0 Å². The summed E-state index contributed by atoms with van der Waals surface area (Å²) in [6.45, 7) is 15.7. The summed E-state index contributed by atoms with van der Waals surface area (Å²) in [5.74, 6) is -0.140. The number of carbonyl (C=O) groups excluding carboxylic acids is 1. The fourth-order valence-electron chi connectivity index (χ4n) is 5.55. The average molecular weight is 705 g/mol. The van der Waals surface area contributed by atoms with E-state index in [1.807, 2.05) is 0 Å². The third kappa shape index (κ3) is 18.6. The first-order chi connectivity index (χ1) is 23.9. The maximum atomic E-state index is 11.7. The highest BCUT2D eigenvalue weighted by molar-refractivity contribution is 6.99. The Morgan fingerprint density at radius 3 is 1.29 bits per heavy atom. The van der Waals surface area contributed by atoms with Gasteiger partial charge >= 0.3 is 5.97 Å². The van der Waals surface area contributed by atoms with Crippen molar-refractivity contribution in [3.8, 4) is 0 Å². The molecule has 2 aromatic rings. The van der Waals surface area contributed by atoms with Gasteiger partial charge in [0.1, 0.15) is 6.61 Å². The zero-order valence-corrected chi connectivity index (χ0v) is 31.8. The Bertz CT molecular complexity index is 1010. The summed E-state index contributed by atoms with van der Waals surface area (Å²) in [7, 11) is -2.54. The van der Waals surface area contributed by atoms with Crippen LogP contribution in [-0.2, 0) is 42.4 Å². The molecule has 0 spiro atoms. The smallest absolute Gasteiger partial charge is 0.305 e. The zero-order chi connectivity index (χ0) is 35.3. The maximum Gasteiger partial charge on any atom is 0.305 e. The summed E-state index contributed by atoms with van der Waals surface area (Å²) in [6, 6.07) is 21.3. The van der Waals surface area contributed by atoms with Crippen LogP contribution in [0.4, 0.5) is 0 Å². The predicted octanol–water partition coefficient (Wildman–Crippen LogP) is 5.96. The highest BCUT2D eigenvalue weighted by atomic mass is 28.4. The minimum atomic E-state index is -2.54. The Kier molecular flexibility index (Phi) is 24.2. The van der Waals surface area contributed by atoms with Crippen molar-refractivity contribution in [3.63, 3.8) is 0 Å². The normalized spacial score (nSPS) is 12.0. The van der Waals surface area contributed by atoms with Gasteiger partial charge < -0.3 is 37.6 Å². The summed E-state index contributed by atoms with van der Waals surface area (Å²) in [5, 5.41) is 2.48. The molecule has 0 amide bonds. The van der Waals surface area contributed by atoms with Crippen molar-refractivity contribution >= 4 is 24.7 Å². The largest absolute Gasteiger partial charge is 0.463 e. The van der Waals surface area contributed by atoms with Gasteiger partial charge in [0.25, 0.3) is 8.32 Å². The second-order valence-electron chi connectivity index (χ2n) is 12.9. The van der Waals surface area contributed by atoms with E-state index in [4.69, 9.17) is 37.6 Å². The Labute approximate surface area is 297 Å². The molecule has 0 aliphatic carbocycles. The minimum Gasteiger partial charge on any atom is -0.463 e. The highest BCUT2D eigenvalue weighted by Crippen LogP contribution is 2.36. The number of carbonyl (C=O) groups is 1. The summed E-state index contributed by atoms with van der Waals surface area (Å²) in [4.78, 5) is 11.7. The van der Waals surface area contributed by atoms with Gasteiger partial charge in [-0.1, -0.05) is 120 Å². The van der Waals surface area contributed by atoms with Crippen LogP contribution in [-0.4, -0.2) is 107 Å². The van der Waals surface area contributed by atoms with Gasteiger partial charge in [-0.05, 0) is 21.8 Å². The van der Waals surface area contributed by atoms with Gasteiger partial charge in [-0.25, -0.2) is 0 Å². The van der Waals surface area contributed by atoms with Crippen LogP contribution < -0.4 is 10.4 Å². The van der Waals surface area contributed by atoms with Crippen LogP contribution in [0.15, 0.2) is 60.7 Å². The molecule has 10 heteroatoms. The lowest BCUT2D eigenvalue weighted by molar-refractivity contribution is -0.145. The lowest BCUT2D eigenvalue weighted by Crippen LogP contribution is -2.66. The molecule has 2 aromatic carbocycles. The van der Waals surface area contributed by atoms with E-state index in [0.717, 1.165) is 12.8 Å². The van der Waals surface area contributed by atoms with Crippen molar-refractivity contribution in [2.75, 3.05) is 92.5 Å². The van der Waals surface area contributed by atoms with E-state index in [2.05, 4.69) is 88.4 Å². The molecule has 278 valence electrons. The number of benzene rings is 2. The lowest BCUT2D eigenvalue weighted by Gasteiger charge is -2.43. The van der Waals surface area contributed by atoms with Crippen molar-refractivity contribution in [3.05, 3.63) is 60.7 Å². The molecule has 49 heavy (non-hydrogen) atoms. The molecule has 0 aliphatic rings. The second-order valence-corrected chi connectivity index (χ2v) is 17.2. The van der Waals surface area contributed by atoms with E-state index < -0.39 is 8.32 Å². The number of hydrogen-bond donors (Lipinski definition) is 0. The van der Waals surface area contributed by atoms with Crippen LogP contribution in [0.2, 0.25) is 5.04 Å². The van der Waals surface area contributed by atoms with E-state index >= 15 is 0 Å². The summed E-state index contributed by atoms with van der Waals surface area (Å²) < 4.78 is 45.6. The van der Waals surface area contributed by atoms with Gasteiger partial charge in [-0.2, -0.15) is 0 Å². The first-order valence-corrected chi connectivity index (χ1v) is 20.2. The number of esters is 1. The molecular formula is C39H64O9Si. The van der Waals surface area contributed by atoms with Crippen LogP contribution in [0.3, 0.4) is 0 Å². The predicted molar refractivity (Wildman–Crippen MR) is 197 cm³/mol. The number of hydrogen-bond acceptors (Lipinski definition) is 9. The van der Waals surface area contributed by atoms with E-state index in [-0.39, 0.29) is 17.6 Å². The van der Waals surface area contributed by atoms with E-state index in [9.17, 15) is 4.79 Å². The summed E-state index contributed by atoms with van der Waals surface area (Å²) >= 11 is 0. The molecule has 9 nitrogen and oxygen atoms in total. The molecule has 0 bridgehead atoms. The molecule has 0 heterocycles. The van der Waals surface area contributed by atoms with Crippen LogP contribution in [0.5, 0.6) is 0 Å². The molecular weight excluding hydrogens is 641 g/mol. The third-order valence-corrected chi connectivity index (χ3v) is 13.1.